The number of aromatic nitrogens is 2. The molecule has 98 heavy (non-hydrogen) atoms. The minimum atomic E-state index is 1.11. The first-order chi connectivity index (χ1) is 48.7. The minimum absolute atomic E-state index is 1.11. The van der Waals surface area contributed by atoms with Gasteiger partial charge in [0.2, 0.25) is 0 Å². The van der Waals surface area contributed by atoms with Crippen molar-refractivity contribution >= 4 is 97.5 Å². The van der Waals surface area contributed by atoms with E-state index in [1.54, 1.807) is 0 Å². The molecule has 0 saturated heterocycles. The molecule has 0 spiro atoms. The van der Waals surface area contributed by atoms with Gasteiger partial charge in [0, 0.05) is 32.9 Å². The SMILES string of the molecule is c1ccc(-c2ccc3c4ccccc4n(-c4cccc(-c5cc(-c6ccccc6)c6c7cccc8c9c(-c%10ccccc%10)c(-c%10cccc(-n%11c%12ccccc%12c%12ccc(-c%13ccccc%13)cc%12%11)c%10)cc(-c%10ccccc%10)c9c9cccc(c6c5-c5ccccc5)c9c78)c4)c3c2)cc1. The maximum Gasteiger partial charge on any atom is 0.0547 e. The number of rotatable bonds is 10. The molecule has 2 heterocycles. The first-order valence-corrected chi connectivity index (χ1v) is 34.0. The summed E-state index contributed by atoms with van der Waals surface area (Å²) in [6.07, 6.45) is 0. The molecule has 0 bridgehead atoms. The second kappa shape index (κ2) is 22.4. The number of benzene rings is 18. The summed E-state index contributed by atoms with van der Waals surface area (Å²) in [5, 5.41) is 17.4. The van der Waals surface area contributed by atoms with Crippen LogP contribution in [0.2, 0.25) is 0 Å². The molecule has 20 aromatic rings. The molecule has 0 aliphatic rings. The van der Waals surface area contributed by atoms with Gasteiger partial charge in [-0.05, 0) is 204 Å². The topological polar surface area (TPSA) is 9.86 Å². The summed E-state index contributed by atoms with van der Waals surface area (Å²) >= 11 is 0. The van der Waals surface area contributed by atoms with E-state index in [4.69, 9.17) is 0 Å². The van der Waals surface area contributed by atoms with Gasteiger partial charge in [0.1, 0.15) is 0 Å². The molecule has 0 fully saturated rings. The van der Waals surface area contributed by atoms with Crippen molar-refractivity contribution in [3.63, 3.8) is 0 Å². The van der Waals surface area contributed by atoms with Gasteiger partial charge in [-0.1, -0.05) is 303 Å². The van der Waals surface area contributed by atoms with Gasteiger partial charge in [-0.3, -0.25) is 0 Å². The van der Waals surface area contributed by atoms with Crippen LogP contribution < -0.4 is 0 Å². The summed E-state index contributed by atoms with van der Waals surface area (Å²) in [5.74, 6) is 0. The number of nitrogens with zero attached hydrogens (tertiary/aromatic N) is 2. The van der Waals surface area contributed by atoms with E-state index < -0.39 is 0 Å². The Balaban J connectivity index is 0.897. The van der Waals surface area contributed by atoms with E-state index in [2.05, 4.69) is 373 Å². The zero-order valence-electron chi connectivity index (χ0n) is 53.5. The second-order valence-electron chi connectivity index (χ2n) is 26.1. The van der Waals surface area contributed by atoms with Crippen LogP contribution in [0.1, 0.15) is 0 Å². The Bertz CT molecular complexity index is 6140. The molecule has 0 aliphatic heterocycles. The fourth-order valence-electron chi connectivity index (χ4n) is 16.6. The van der Waals surface area contributed by atoms with Crippen molar-refractivity contribution in [3.05, 3.63) is 364 Å². The quantitative estimate of drug-likeness (QED) is 0.0954. The molecule has 20 rings (SSSR count). The molecule has 0 atom stereocenters. The van der Waals surface area contributed by atoms with Crippen molar-refractivity contribution in [1.82, 2.24) is 9.13 Å². The largest absolute Gasteiger partial charge is 0.309 e. The highest BCUT2D eigenvalue weighted by molar-refractivity contribution is 6.45. The number of fused-ring (bicyclic) bond motifs is 12. The summed E-state index contributed by atoms with van der Waals surface area (Å²) < 4.78 is 4.96. The number of para-hydroxylation sites is 2. The van der Waals surface area contributed by atoms with Gasteiger partial charge in [0.25, 0.3) is 0 Å². The third kappa shape index (κ3) is 8.61. The van der Waals surface area contributed by atoms with Crippen molar-refractivity contribution in [1.29, 1.82) is 0 Å². The Labute approximate surface area is 567 Å². The van der Waals surface area contributed by atoms with E-state index in [9.17, 15) is 0 Å². The Morgan fingerprint density at radius 2 is 0.439 bits per heavy atom. The van der Waals surface area contributed by atoms with E-state index in [-0.39, 0.29) is 0 Å². The lowest BCUT2D eigenvalue weighted by Crippen LogP contribution is -1.99. The Morgan fingerprint density at radius 3 is 0.827 bits per heavy atom. The number of hydrogen-bond acceptors (Lipinski definition) is 0. The summed E-state index contributed by atoms with van der Waals surface area (Å²) in [4.78, 5) is 0. The van der Waals surface area contributed by atoms with Crippen molar-refractivity contribution in [2.45, 2.75) is 0 Å². The van der Waals surface area contributed by atoms with Crippen molar-refractivity contribution in [2.75, 3.05) is 0 Å². The lowest BCUT2D eigenvalue weighted by atomic mass is 9.77. The average Bonchev–Trinajstić information content (AvgIpc) is 0.719. The fourth-order valence-corrected chi connectivity index (χ4v) is 16.6. The molecule has 0 unspecified atom stereocenters. The third-order valence-electron chi connectivity index (χ3n) is 20.8. The van der Waals surface area contributed by atoms with Crippen LogP contribution in [0.3, 0.4) is 0 Å². The maximum absolute atomic E-state index is 2.52. The van der Waals surface area contributed by atoms with Crippen LogP contribution in [0.25, 0.3) is 198 Å². The van der Waals surface area contributed by atoms with Crippen LogP contribution in [-0.4, -0.2) is 9.13 Å². The molecule has 18 aromatic carbocycles. The molecule has 2 nitrogen and oxygen atoms in total. The summed E-state index contributed by atoms with van der Waals surface area (Å²) in [7, 11) is 0. The van der Waals surface area contributed by atoms with Crippen molar-refractivity contribution in [3.8, 4) is 100 Å². The predicted octanol–water partition coefficient (Wildman–Crippen LogP) is 26.4. The van der Waals surface area contributed by atoms with Crippen LogP contribution in [0.5, 0.6) is 0 Å². The minimum Gasteiger partial charge on any atom is -0.309 e. The van der Waals surface area contributed by atoms with Gasteiger partial charge in [0.15, 0.2) is 0 Å². The van der Waals surface area contributed by atoms with Gasteiger partial charge in [-0.2, -0.15) is 0 Å². The van der Waals surface area contributed by atoms with Crippen LogP contribution in [0, 0.1) is 0 Å². The van der Waals surface area contributed by atoms with E-state index in [1.807, 2.05) is 0 Å². The van der Waals surface area contributed by atoms with Crippen molar-refractivity contribution in [2.24, 2.45) is 0 Å². The Morgan fingerprint density at radius 1 is 0.143 bits per heavy atom. The molecule has 0 amide bonds. The molecule has 0 radical (unpaired) electrons. The monoisotopic (exact) mass is 1240 g/mol. The highest BCUT2D eigenvalue weighted by Crippen LogP contribution is 2.56. The van der Waals surface area contributed by atoms with Gasteiger partial charge in [0.05, 0.1) is 22.1 Å². The van der Waals surface area contributed by atoms with E-state index in [0.717, 1.165) is 22.5 Å². The van der Waals surface area contributed by atoms with Crippen LogP contribution in [0.4, 0.5) is 0 Å². The highest BCUT2D eigenvalue weighted by Gasteiger charge is 2.29. The van der Waals surface area contributed by atoms with Gasteiger partial charge in [-0.15, -0.1) is 0 Å². The maximum atomic E-state index is 2.52. The third-order valence-corrected chi connectivity index (χ3v) is 20.8. The van der Waals surface area contributed by atoms with E-state index >= 15 is 0 Å². The molecule has 2 heteroatoms. The second-order valence-corrected chi connectivity index (χ2v) is 26.1. The Kier molecular flexibility index (Phi) is 12.7. The predicted molar refractivity (Wildman–Crippen MR) is 417 cm³/mol. The van der Waals surface area contributed by atoms with Gasteiger partial charge >= 0.3 is 0 Å². The molecular formula is C96H60N2. The van der Waals surface area contributed by atoms with E-state index in [1.165, 1.54) is 175 Å². The van der Waals surface area contributed by atoms with E-state index in [0.29, 0.717) is 0 Å². The first-order valence-electron chi connectivity index (χ1n) is 34.0. The molecular weight excluding hydrogens is 1180 g/mol. The van der Waals surface area contributed by atoms with Crippen LogP contribution in [-0.2, 0) is 0 Å². The summed E-state index contributed by atoms with van der Waals surface area (Å²) in [5.41, 5.74) is 25.8. The Hall–Kier alpha value is -12.9. The molecule has 0 saturated carbocycles. The smallest absolute Gasteiger partial charge is 0.0547 e. The lowest BCUT2D eigenvalue weighted by molar-refractivity contribution is 1.18. The van der Waals surface area contributed by atoms with Gasteiger partial charge in [-0.25, -0.2) is 0 Å². The zero-order chi connectivity index (χ0) is 64.4. The molecule has 0 N–H and O–H groups in total. The molecule has 0 aliphatic carbocycles. The molecule has 454 valence electrons. The summed E-state index contributed by atoms with van der Waals surface area (Å²) in [6.45, 7) is 0. The summed E-state index contributed by atoms with van der Waals surface area (Å²) in [6, 6.07) is 136. The highest BCUT2D eigenvalue weighted by atomic mass is 15.0. The van der Waals surface area contributed by atoms with Gasteiger partial charge < -0.3 is 9.13 Å². The zero-order valence-corrected chi connectivity index (χ0v) is 53.5. The molecule has 2 aromatic heterocycles. The normalized spacial score (nSPS) is 11.9. The first kappa shape index (κ1) is 55.6. The number of hydrogen-bond donors (Lipinski definition) is 0. The van der Waals surface area contributed by atoms with Crippen molar-refractivity contribution < 1.29 is 0 Å². The standard InChI is InChI=1S/C96H60N2/c1-7-27-61(28-8-1)67-51-53-75-73-43-19-21-49-85(73)97(87(75)57-67)71-41-23-39-69(55-71)83-59-81(63-31-11-3-12-32-63)93-77-45-26-48-80-92(77)91-78(46-25-47-79(91)95(93)89(83)65-35-15-5-16-36-65)94-82(64-33-13-4-14-34-64)60-84(90(96(80)94)66-37-17-6-18-38-66)70-40-24-42-72(56-70)98-86-50-22-20-44-74(86)76-54-52-68(58-88(76)98)62-29-9-2-10-30-62/h1-60H. The fraction of sp³-hybridized carbons (Fsp3) is 0. The lowest BCUT2D eigenvalue weighted by Gasteiger charge is -2.26. The average molecular weight is 1240 g/mol. The van der Waals surface area contributed by atoms with Crippen LogP contribution >= 0.6 is 0 Å². The van der Waals surface area contributed by atoms with Crippen LogP contribution in [0.15, 0.2) is 364 Å².